The summed E-state index contributed by atoms with van der Waals surface area (Å²) in [6.45, 7) is 2.59. The third kappa shape index (κ3) is 4.02. The second-order valence-corrected chi connectivity index (χ2v) is 7.94. The number of rotatable bonds is 3. The lowest BCUT2D eigenvalue weighted by Gasteiger charge is -2.17. The molecule has 27 heavy (non-hydrogen) atoms. The SMILES string of the molecule is C.CN1CCc2c(n(CC(O)c3ccc(Cl)cc3)c3ccc(Cl)cc23)CC1. The second-order valence-electron chi connectivity index (χ2n) is 7.07. The van der Waals surface area contributed by atoms with Crippen molar-refractivity contribution in [3.05, 3.63) is 69.3 Å². The van der Waals surface area contributed by atoms with E-state index in [-0.39, 0.29) is 7.43 Å². The largest absolute Gasteiger partial charge is 0.387 e. The fourth-order valence-electron chi connectivity index (χ4n) is 3.90. The topological polar surface area (TPSA) is 28.4 Å². The molecule has 0 spiro atoms. The van der Waals surface area contributed by atoms with Crippen molar-refractivity contribution in [1.82, 2.24) is 9.47 Å². The first-order chi connectivity index (χ1) is 12.5. The van der Waals surface area contributed by atoms with Crippen LogP contribution in [0, 0.1) is 0 Å². The Bertz CT molecular complexity index is 934. The van der Waals surface area contributed by atoms with E-state index in [2.05, 4.69) is 28.6 Å². The number of aromatic nitrogens is 1. The highest BCUT2D eigenvalue weighted by Crippen LogP contribution is 2.33. The molecule has 3 nitrogen and oxygen atoms in total. The van der Waals surface area contributed by atoms with Gasteiger partial charge in [-0.25, -0.2) is 0 Å². The molecule has 1 aromatic heterocycles. The van der Waals surface area contributed by atoms with Crippen LogP contribution in [0.1, 0.15) is 30.4 Å². The lowest BCUT2D eigenvalue weighted by Crippen LogP contribution is -2.21. The minimum absolute atomic E-state index is 0. The van der Waals surface area contributed by atoms with E-state index in [0.717, 1.165) is 42.0 Å². The number of aliphatic hydroxyl groups excluding tert-OH is 1. The van der Waals surface area contributed by atoms with Crippen molar-refractivity contribution in [3.63, 3.8) is 0 Å². The van der Waals surface area contributed by atoms with Crippen LogP contribution in [0.4, 0.5) is 0 Å². The quantitative estimate of drug-likeness (QED) is 0.637. The Morgan fingerprint density at radius 3 is 2.41 bits per heavy atom. The molecule has 1 unspecified atom stereocenters. The van der Waals surface area contributed by atoms with Crippen molar-refractivity contribution in [3.8, 4) is 0 Å². The highest BCUT2D eigenvalue weighted by molar-refractivity contribution is 6.31. The summed E-state index contributed by atoms with van der Waals surface area (Å²) in [6, 6.07) is 13.5. The maximum atomic E-state index is 10.8. The number of fused-ring (bicyclic) bond motifs is 3. The van der Waals surface area contributed by atoms with Crippen LogP contribution in [0.25, 0.3) is 10.9 Å². The zero-order valence-corrected chi connectivity index (χ0v) is 16.3. The molecular weight excluding hydrogens is 379 g/mol. The molecule has 1 N–H and O–H groups in total. The van der Waals surface area contributed by atoms with Gasteiger partial charge >= 0.3 is 0 Å². The molecule has 0 bridgehead atoms. The standard InChI is InChI=1S/C21H22Cl2N2O.CH4/c1-24-10-8-17-18-12-16(23)6-7-19(18)25(20(17)9-11-24)13-21(26)14-2-4-15(22)5-3-14;/h2-7,12,21,26H,8-11,13H2,1H3;1H4. The van der Waals surface area contributed by atoms with Gasteiger partial charge in [0.25, 0.3) is 0 Å². The highest BCUT2D eigenvalue weighted by Gasteiger charge is 2.22. The summed E-state index contributed by atoms with van der Waals surface area (Å²) in [4.78, 5) is 2.36. The van der Waals surface area contributed by atoms with Crippen molar-refractivity contribution in [1.29, 1.82) is 0 Å². The van der Waals surface area contributed by atoms with E-state index in [1.807, 2.05) is 30.3 Å². The van der Waals surface area contributed by atoms with Gasteiger partial charge in [0, 0.05) is 46.2 Å². The zero-order chi connectivity index (χ0) is 18.3. The monoisotopic (exact) mass is 404 g/mol. The summed E-state index contributed by atoms with van der Waals surface area (Å²) in [6.07, 6.45) is 1.40. The van der Waals surface area contributed by atoms with Gasteiger partial charge in [0.1, 0.15) is 0 Å². The fraction of sp³-hybridized carbons (Fsp3) is 0.364. The van der Waals surface area contributed by atoms with Gasteiger partial charge in [0.2, 0.25) is 0 Å². The first kappa shape index (κ1) is 20.2. The molecule has 1 aliphatic heterocycles. The van der Waals surface area contributed by atoms with Crippen molar-refractivity contribution < 1.29 is 5.11 Å². The molecule has 0 saturated heterocycles. The maximum Gasteiger partial charge on any atom is 0.0969 e. The third-order valence-corrected chi connectivity index (χ3v) is 5.82. The van der Waals surface area contributed by atoms with Crippen LogP contribution in [0.5, 0.6) is 0 Å². The van der Waals surface area contributed by atoms with Gasteiger partial charge in [-0.15, -0.1) is 0 Å². The summed E-state index contributed by atoms with van der Waals surface area (Å²) in [7, 11) is 2.16. The number of likely N-dealkylation sites (N-methyl/N-ethyl adjacent to an activating group) is 1. The first-order valence-corrected chi connectivity index (χ1v) is 9.70. The van der Waals surface area contributed by atoms with Crippen LogP contribution in [-0.2, 0) is 19.4 Å². The van der Waals surface area contributed by atoms with Crippen molar-refractivity contribution >= 4 is 34.1 Å². The molecule has 2 heterocycles. The van der Waals surface area contributed by atoms with Crippen LogP contribution in [0.15, 0.2) is 42.5 Å². The van der Waals surface area contributed by atoms with Crippen LogP contribution >= 0.6 is 23.2 Å². The van der Waals surface area contributed by atoms with E-state index in [9.17, 15) is 5.11 Å². The summed E-state index contributed by atoms with van der Waals surface area (Å²) in [5.74, 6) is 0. The van der Waals surface area contributed by atoms with Gasteiger partial charge in [-0.2, -0.15) is 0 Å². The smallest absolute Gasteiger partial charge is 0.0969 e. The van der Waals surface area contributed by atoms with Gasteiger partial charge in [-0.1, -0.05) is 42.8 Å². The average molecular weight is 405 g/mol. The van der Waals surface area contributed by atoms with Crippen LogP contribution in [0.2, 0.25) is 10.0 Å². The Kier molecular flexibility index (Phi) is 6.17. The van der Waals surface area contributed by atoms with Crippen LogP contribution in [0.3, 0.4) is 0 Å². The highest BCUT2D eigenvalue weighted by atomic mass is 35.5. The molecule has 1 aliphatic rings. The molecule has 0 fully saturated rings. The van der Waals surface area contributed by atoms with E-state index in [0.29, 0.717) is 11.6 Å². The maximum absolute atomic E-state index is 10.8. The lowest BCUT2D eigenvalue weighted by molar-refractivity contribution is 0.157. The van der Waals surface area contributed by atoms with E-state index >= 15 is 0 Å². The lowest BCUT2D eigenvalue weighted by atomic mass is 10.1. The van der Waals surface area contributed by atoms with Crippen molar-refractivity contribution in [2.45, 2.75) is 32.9 Å². The molecule has 0 aliphatic carbocycles. The molecular formula is C22H26Cl2N2O. The van der Waals surface area contributed by atoms with Crippen molar-refractivity contribution in [2.24, 2.45) is 0 Å². The van der Waals surface area contributed by atoms with Crippen LogP contribution < -0.4 is 0 Å². The average Bonchev–Trinajstić information content (AvgIpc) is 2.76. The Morgan fingerprint density at radius 1 is 1.00 bits per heavy atom. The molecule has 2 aromatic carbocycles. The number of nitrogens with zero attached hydrogens (tertiary/aromatic N) is 2. The third-order valence-electron chi connectivity index (χ3n) is 5.33. The van der Waals surface area contributed by atoms with E-state index < -0.39 is 6.10 Å². The Balaban J connectivity index is 0.00000210. The Labute approximate surface area is 171 Å². The number of hydrogen-bond donors (Lipinski definition) is 1. The number of halogens is 2. The molecule has 0 radical (unpaired) electrons. The Hall–Kier alpha value is -1.52. The molecule has 0 amide bonds. The molecule has 0 saturated carbocycles. The van der Waals surface area contributed by atoms with Gasteiger partial charge in [-0.05, 0) is 54.9 Å². The summed E-state index contributed by atoms with van der Waals surface area (Å²) in [5.41, 5.74) is 4.72. The van der Waals surface area contributed by atoms with Gasteiger partial charge in [0.15, 0.2) is 0 Å². The molecule has 3 aromatic rings. The minimum Gasteiger partial charge on any atom is -0.387 e. The van der Waals surface area contributed by atoms with Gasteiger partial charge in [-0.3, -0.25) is 0 Å². The van der Waals surface area contributed by atoms with Gasteiger partial charge in [0.05, 0.1) is 12.6 Å². The number of hydrogen-bond acceptors (Lipinski definition) is 2. The molecule has 4 rings (SSSR count). The molecule has 144 valence electrons. The van der Waals surface area contributed by atoms with Crippen LogP contribution in [-0.4, -0.2) is 34.7 Å². The first-order valence-electron chi connectivity index (χ1n) is 8.94. The fourth-order valence-corrected chi connectivity index (χ4v) is 4.20. The number of aliphatic hydroxyl groups is 1. The van der Waals surface area contributed by atoms with E-state index in [1.165, 1.54) is 16.6 Å². The zero-order valence-electron chi connectivity index (χ0n) is 14.8. The van der Waals surface area contributed by atoms with Crippen molar-refractivity contribution in [2.75, 3.05) is 20.1 Å². The molecule has 5 heteroatoms. The normalized spacial score (nSPS) is 15.9. The van der Waals surface area contributed by atoms with E-state index in [4.69, 9.17) is 23.2 Å². The summed E-state index contributed by atoms with van der Waals surface area (Å²) in [5, 5.41) is 13.5. The predicted octanol–water partition coefficient (Wildman–Crippen LogP) is 5.35. The molecule has 1 atom stereocenters. The summed E-state index contributed by atoms with van der Waals surface area (Å²) >= 11 is 12.2. The number of benzene rings is 2. The minimum atomic E-state index is -0.580. The Morgan fingerprint density at radius 2 is 1.67 bits per heavy atom. The summed E-state index contributed by atoms with van der Waals surface area (Å²) < 4.78 is 2.28. The second kappa shape index (κ2) is 8.24. The predicted molar refractivity (Wildman–Crippen MR) is 115 cm³/mol. The van der Waals surface area contributed by atoms with Gasteiger partial charge < -0.3 is 14.6 Å². The van der Waals surface area contributed by atoms with E-state index in [1.54, 1.807) is 0 Å².